The lowest BCUT2D eigenvalue weighted by molar-refractivity contribution is 0.0785. The lowest BCUT2D eigenvalue weighted by Gasteiger charge is -2.19. The van der Waals surface area contributed by atoms with Gasteiger partial charge in [-0.3, -0.25) is 4.79 Å². The van der Waals surface area contributed by atoms with Crippen LogP contribution in [0.1, 0.15) is 23.3 Å². The van der Waals surface area contributed by atoms with Gasteiger partial charge in [0.2, 0.25) is 0 Å². The van der Waals surface area contributed by atoms with E-state index in [1.807, 2.05) is 12.1 Å². The fourth-order valence-corrected chi connectivity index (χ4v) is 1.79. The van der Waals surface area contributed by atoms with E-state index in [0.717, 1.165) is 5.82 Å². The van der Waals surface area contributed by atoms with Crippen molar-refractivity contribution in [2.45, 2.75) is 18.9 Å². The number of anilines is 1. The second-order valence-corrected chi connectivity index (χ2v) is 4.61. The van der Waals surface area contributed by atoms with Crippen LogP contribution in [0.4, 0.5) is 5.82 Å². The largest absolute Gasteiger partial charge is 0.367 e. The molecule has 1 aromatic heterocycles. The molecule has 1 N–H and O–H groups in total. The first-order chi connectivity index (χ1) is 9.24. The fraction of sp³-hybridized carbons (Fsp3) is 0.333. The summed E-state index contributed by atoms with van der Waals surface area (Å²) >= 11 is 0. The van der Waals surface area contributed by atoms with Crippen molar-refractivity contribution in [3.63, 3.8) is 0 Å². The van der Waals surface area contributed by atoms with Crippen LogP contribution in [0.3, 0.4) is 0 Å². The Morgan fingerprint density at radius 3 is 2.63 bits per heavy atom. The molecule has 100 valence electrons. The summed E-state index contributed by atoms with van der Waals surface area (Å²) in [6.07, 6.45) is 5.76. The van der Waals surface area contributed by atoms with Crippen molar-refractivity contribution >= 4 is 11.7 Å². The van der Waals surface area contributed by atoms with Crippen LogP contribution in [0.5, 0.6) is 0 Å². The zero-order valence-electron chi connectivity index (χ0n) is 11.0. The second kappa shape index (κ2) is 6.18. The smallest absolute Gasteiger partial charge is 0.273 e. The van der Waals surface area contributed by atoms with Gasteiger partial charge in [-0.15, -0.1) is 13.2 Å². The number of carbonyl (C=O) groups excluding carboxylic acids is 1. The molecule has 1 fully saturated rings. The molecule has 0 spiro atoms. The van der Waals surface area contributed by atoms with Crippen LogP contribution in [-0.2, 0) is 0 Å². The lowest BCUT2D eigenvalue weighted by atomic mass is 10.3. The van der Waals surface area contributed by atoms with E-state index in [1.165, 1.54) is 12.8 Å². The monoisotopic (exact) mass is 257 g/mol. The predicted octanol–water partition coefficient (Wildman–Crippen LogP) is 2.47. The number of hydrogen-bond acceptors (Lipinski definition) is 3. The van der Waals surface area contributed by atoms with Gasteiger partial charge in [-0.25, -0.2) is 4.98 Å². The number of rotatable bonds is 7. The second-order valence-electron chi connectivity index (χ2n) is 4.61. The molecule has 1 heterocycles. The average Bonchev–Trinajstić information content (AvgIpc) is 3.22. The first-order valence-corrected chi connectivity index (χ1v) is 6.49. The van der Waals surface area contributed by atoms with Gasteiger partial charge in [-0.2, -0.15) is 0 Å². The van der Waals surface area contributed by atoms with E-state index in [2.05, 4.69) is 23.5 Å². The van der Waals surface area contributed by atoms with Gasteiger partial charge in [-0.1, -0.05) is 18.2 Å². The zero-order chi connectivity index (χ0) is 13.7. The SMILES string of the molecule is C=CCN(CC=C)C(=O)c1cccc(NC2CC2)n1. The van der Waals surface area contributed by atoms with E-state index in [1.54, 1.807) is 23.1 Å². The third kappa shape index (κ3) is 3.68. The molecular formula is C15H19N3O. The minimum absolute atomic E-state index is 0.0979. The van der Waals surface area contributed by atoms with Crippen molar-refractivity contribution in [2.75, 3.05) is 18.4 Å². The standard InChI is InChI=1S/C15H19N3O/c1-3-10-18(11-4-2)15(19)13-6-5-7-14(17-13)16-12-8-9-12/h3-7,12H,1-2,8-11H2,(H,16,17). The Kier molecular flexibility index (Phi) is 4.34. The van der Waals surface area contributed by atoms with Gasteiger partial charge in [0, 0.05) is 19.1 Å². The zero-order valence-corrected chi connectivity index (χ0v) is 11.0. The van der Waals surface area contributed by atoms with Gasteiger partial charge in [0.25, 0.3) is 5.91 Å². The molecule has 1 aliphatic carbocycles. The molecule has 0 aliphatic heterocycles. The van der Waals surface area contributed by atoms with Crippen molar-refractivity contribution in [1.29, 1.82) is 0 Å². The summed E-state index contributed by atoms with van der Waals surface area (Å²) in [5.74, 6) is 0.671. The maximum absolute atomic E-state index is 12.3. The van der Waals surface area contributed by atoms with Crippen molar-refractivity contribution in [3.05, 3.63) is 49.2 Å². The molecule has 1 saturated carbocycles. The van der Waals surface area contributed by atoms with Crippen LogP contribution < -0.4 is 5.32 Å². The lowest BCUT2D eigenvalue weighted by Crippen LogP contribution is -2.32. The maximum Gasteiger partial charge on any atom is 0.273 e. The highest BCUT2D eigenvalue weighted by Crippen LogP contribution is 2.23. The first-order valence-electron chi connectivity index (χ1n) is 6.49. The van der Waals surface area contributed by atoms with E-state index in [0.29, 0.717) is 24.8 Å². The van der Waals surface area contributed by atoms with Crippen LogP contribution in [-0.4, -0.2) is 34.9 Å². The molecule has 4 nitrogen and oxygen atoms in total. The number of nitrogens with zero attached hydrogens (tertiary/aromatic N) is 2. The molecule has 1 amide bonds. The molecule has 1 aliphatic rings. The van der Waals surface area contributed by atoms with Crippen molar-refractivity contribution in [1.82, 2.24) is 9.88 Å². The summed E-state index contributed by atoms with van der Waals surface area (Å²) in [5.41, 5.74) is 0.453. The Morgan fingerprint density at radius 1 is 1.37 bits per heavy atom. The van der Waals surface area contributed by atoms with Crippen LogP contribution in [0.15, 0.2) is 43.5 Å². The van der Waals surface area contributed by atoms with Gasteiger partial charge in [0.15, 0.2) is 0 Å². The molecule has 4 heteroatoms. The molecule has 0 bridgehead atoms. The van der Waals surface area contributed by atoms with E-state index < -0.39 is 0 Å². The molecular weight excluding hydrogens is 238 g/mol. The Bertz CT molecular complexity index is 470. The number of amides is 1. The van der Waals surface area contributed by atoms with Crippen molar-refractivity contribution in [2.24, 2.45) is 0 Å². The van der Waals surface area contributed by atoms with Gasteiger partial charge < -0.3 is 10.2 Å². The Balaban J connectivity index is 2.11. The van der Waals surface area contributed by atoms with Gasteiger partial charge in [0.05, 0.1) is 0 Å². The number of carbonyl (C=O) groups is 1. The average molecular weight is 257 g/mol. The van der Waals surface area contributed by atoms with Crippen molar-refractivity contribution in [3.8, 4) is 0 Å². The molecule has 0 atom stereocenters. The fourth-order valence-electron chi connectivity index (χ4n) is 1.79. The topological polar surface area (TPSA) is 45.2 Å². The van der Waals surface area contributed by atoms with Crippen LogP contribution in [0, 0.1) is 0 Å². The van der Waals surface area contributed by atoms with Crippen molar-refractivity contribution < 1.29 is 4.79 Å². The number of nitrogens with one attached hydrogen (secondary N) is 1. The molecule has 2 rings (SSSR count). The summed E-state index contributed by atoms with van der Waals surface area (Å²) in [4.78, 5) is 18.3. The highest BCUT2D eigenvalue weighted by molar-refractivity contribution is 5.92. The van der Waals surface area contributed by atoms with E-state index in [9.17, 15) is 4.79 Å². The van der Waals surface area contributed by atoms with E-state index in [4.69, 9.17) is 0 Å². The van der Waals surface area contributed by atoms with Crippen LogP contribution >= 0.6 is 0 Å². The van der Waals surface area contributed by atoms with E-state index >= 15 is 0 Å². The van der Waals surface area contributed by atoms with Crippen LogP contribution in [0.25, 0.3) is 0 Å². The summed E-state index contributed by atoms with van der Waals surface area (Å²) in [6.45, 7) is 8.31. The minimum Gasteiger partial charge on any atom is -0.367 e. The number of hydrogen-bond donors (Lipinski definition) is 1. The summed E-state index contributed by atoms with van der Waals surface area (Å²) in [5, 5.41) is 3.29. The highest BCUT2D eigenvalue weighted by Gasteiger charge is 2.22. The van der Waals surface area contributed by atoms with Gasteiger partial charge >= 0.3 is 0 Å². The number of pyridine rings is 1. The molecule has 0 saturated heterocycles. The predicted molar refractivity (Wildman–Crippen MR) is 77.2 cm³/mol. The minimum atomic E-state index is -0.0979. The molecule has 0 aromatic carbocycles. The number of aromatic nitrogens is 1. The Hall–Kier alpha value is -2.10. The normalized spacial score (nSPS) is 13.7. The van der Waals surface area contributed by atoms with Gasteiger partial charge in [-0.05, 0) is 25.0 Å². The summed E-state index contributed by atoms with van der Waals surface area (Å²) in [6, 6.07) is 6.00. The maximum atomic E-state index is 12.3. The Labute approximate surface area is 113 Å². The molecule has 0 radical (unpaired) electrons. The highest BCUT2D eigenvalue weighted by atomic mass is 16.2. The van der Waals surface area contributed by atoms with Crippen LogP contribution in [0.2, 0.25) is 0 Å². The first kappa shape index (κ1) is 13.3. The molecule has 0 unspecified atom stereocenters. The third-order valence-corrected chi connectivity index (χ3v) is 2.88. The Morgan fingerprint density at radius 2 is 2.05 bits per heavy atom. The molecule has 1 aromatic rings. The quantitative estimate of drug-likeness (QED) is 0.763. The summed E-state index contributed by atoms with van der Waals surface area (Å²) in [7, 11) is 0. The molecule has 19 heavy (non-hydrogen) atoms. The van der Waals surface area contributed by atoms with E-state index in [-0.39, 0.29) is 5.91 Å². The summed E-state index contributed by atoms with van der Waals surface area (Å²) < 4.78 is 0. The van der Waals surface area contributed by atoms with Gasteiger partial charge in [0.1, 0.15) is 11.5 Å². The third-order valence-electron chi connectivity index (χ3n) is 2.88.